The summed E-state index contributed by atoms with van der Waals surface area (Å²) >= 11 is 0. The molecule has 0 amide bonds. The largest absolute Gasteiger partial charge is 0.458 e. The third-order valence-corrected chi connectivity index (χ3v) is 10.4. The van der Waals surface area contributed by atoms with Gasteiger partial charge in [-0.3, -0.25) is 4.79 Å². The molecular formula is C28H33F4N3O4. The Labute approximate surface area is 226 Å². The molecule has 11 heteroatoms. The van der Waals surface area contributed by atoms with Gasteiger partial charge < -0.3 is 9.84 Å². The smallest absolute Gasteiger partial charge is 0.344 e. The number of azide groups is 1. The molecule has 212 valence electrons. The van der Waals surface area contributed by atoms with Crippen LogP contribution in [0.15, 0.2) is 5.11 Å². The van der Waals surface area contributed by atoms with Crippen LogP contribution in [0, 0.1) is 63.7 Å². The average Bonchev–Trinajstić information content (AvgIpc) is 3.11. The standard InChI is InChI=1S/C28H33F4N3O4/c1-12(36)16-6-7-17-15-5-4-13-10-14(37)8-9-27(13,2)20(15)18(11-28(16,17)3)39-26(38)19-21(29)23(31)25(34-35-33)24(32)22(19)30/h13-18,20,37H,4-11H2,1-3H3/t13-,14+,15-,16+,17-,18-,20+,27-,28+/m0/s1/i6T,16T/t6-,13-,14+,15-,16+,17-,18-,20+,27-,28+. The molecule has 0 aromatic heterocycles. The number of hydrogen-bond donors (Lipinski definition) is 1. The summed E-state index contributed by atoms with van der Waals surface area (Å²) in [5, 5.41) is 13.0. The highest BCUT2D eigenvalue weighted by molar-refractivity contribution is 5.91. The minimum atomic E-state index is -2.06. The number of Topliss-reactive ketones (excluding diaryl/α,β-unsaturated/α-hetero) is 1. The van der Waals surface area contributed by atoms with Gasteiger partial charge in [0.1, 0.15) is 23.1 Å². The van der Waals surface area contributed by atoms with Crippen molar-refractivity contribution in [2.75, 3.05) is 0 Å². The molecule has 4 aliphatic carbocycles. The van der Waals surface area contributed by atoms with Gasteiger partial charge in [0.2, 0.25) is 0 Å². The first-order valence-corrected chi connectivity index (χ1v) is 13.4. The van der Waals surface area contributed by atoms with Crippen LogP contribution in [0.1, 0.15) is 85.2 Å². The van der Waals surface area contributed by atoms with E-state index in [2.05, 4.69) is 10.0 Å². The lowest BCUT2D eigenvalue weighted by molar-refractivity contribution is -0.179. The highest BCUT2D eigenvalue weighted by Crippen LogP contribution is 2.68. The summed E-state index contributed by atoms with van der Waals surface area (Å²) in [4.78, 5) is 28.4. The van der Waals surface area contributed by atoms with Gasteiger partial charge in [-0.15, -0.1) is 0 Å². The number of hydrogen-bond acceptors (Lipinski definition) is 5. The molecule has 5 rings (SSSR count). The zero-order valence-corrected chi connectivity index (χ0v) is 22.0. The van der Waals surface area contributed by atoms with Crippen LogP contribution in [0.4, 0.5) is 23.2 Å². The van der Waals surface area contributed by atoms with Crippen molar-refractivity contribution < 1.29 is 39.7 Å². The molecule has 1 N–H and O–H groups in total. The van der Waals surface area contributed by atoms with E-state index in [0.29, 0.717) is 32.1 Å². The highest BCUT2D eigenvalue weighted by atomic mass is 19.2. The van der Waals surface area contributed by atoms with E-state index in [-0.39, 0.29) is 24.2 Å². The van der Waals surface area contributed by atoms with Crippen molar-refractivity contribution in [3.05, 3.63) is 39.3 Å². The Morgan fingerprint density at radius 1 is 1.10 bits per heavy atom. The van der Waals surface area contributed by atoms with Gasteiger partial charge >= 0.3 is 5.97 Å². The quantitative estimate of drug-likeness (QED) is 0.108. The Kier molecular flexibility index (Phi) is 6.34. The number of esters is 1. The molecule has 7 nitrogen and oxygen atoms in total. The Morgan fingerprint density at radius 3 is 2.38 bits per heavy atom. The van der Waals surface area contributed by atoms with Crippen LogP contribution >= 0.6 is 0 Å². The van der Waals surface area contributed by atoms with Crippen molar-refractivity contribution in [1.29, 1.82) is 0 Å². The molecule has 0 spiro atoms. The SMILES string of the molecule is [3H][C@H]1C[C@H]2[C@@H]3CC[C@H]4C[C@H](O)CC[C@]4(C)[C@H]3[C@@H](OC(=O)c3c(F)c(F)c(N=[N+]=[N-])c(F)c3F)C[C@]2(C)[C@@]1([3H])C(C)=O. The van der Waals surface area contributed by atoms with Crippen molar-refractivity contribution in [2.45, 2.75) is 84.3 Å². The minimum Gasteiger partial charge on any atom is -0.458 e. The lowest BCUT2D eigenvalue weighted by atomic mass is 9.43. The maximum atomic E-state index is 14.9. The maximum Gasteiger partial charge on any atom is 0.344 e. The van der Waals surface area contributed by atoms with Gasteiger partial charge in [-0.25, -0.2) is 22.4 Å². The summed E-state index contributed by atoms with van der Waals surface area (Å²) in [6, 6.07) is 0. The number of aliphatic hydroxyl groups is 1. The Bertz CT molecular complexity index is 1330. The summed E-state index contributed by atoms with van der Waals surface area (Å²) in [6.45, 7) is 5.02. The van der Waals surface area contributed by atoms with E-state index in [1.165, 1.54) is 6.92 Å². The van der Waals surface area contributed by atoms with Gasteiger partial charge in [0.25, 0.3) is 0 Å². The Morgan fingerprint density at radius 2 is 1.77 bits per heavy atom. The second-order valence-corrected chi connectivity index (χ2v) is 12.1. The van der Waals surface area contributed by atoms with Gasteiger partial charge in [-0.05, 0) is 92.4 Å². The summed E-state index contributed by atoms with van der Waals surface area (Å²) < 4.78 is 82.6. The fourth-order valence-corrected chi connectivity index (χ4v) is 8.68. The molecule has 1 aromatic rings. The molecule has 39 heavy (non-hydrogen) atoms. The molecule has 4 fully saturated rings. The molecule has 1 aromatic carbocycles. The van der Waals surface area contributed by atoms with E-state index < -0.39 is 87.5 Å². The first kappa shape index (κ1) is 25.3. The van der Waals surface area contributed by atoms with Gasteiger partial charge in [0.15, 0.2) is 23.3 Å². The number of rotatable bonds is 4. The molecule has 0 unspecified atom stereocenters. The van der Waals surface area contributed by atoms with E-state index in [4.69, 9.17) is 11.6 Å². The number of carbonyl (C=O) groups excluding carboxylic acids is 2. The fourth-order valence-electron chi connectivity index (χ4n) is 8.68. The van der Waals surface area contributed by atoms with Crippen LogP contribution < -0.4 is 0 Å². The first-order chi connectivity index (χ1) is 19.1. The second-order valence-electron chi connectivity index (χ2n) is 12.1. The molecule has 0 saturated heterocycles. The van der Waals surface area contributed by atoms with Crippen molar-refractivity contribution in [3.63, 3.8) is 0 Å². The van der Waals surface area contributed by atoms with E-state index in [1.54, 1.807) is 6.92 Å². The number of fused-ring (bicyclic) bond motifs is 5. The zero-order chi connectivity index (χ0) is 30.2. The first-order valence-electron chi connectivity index (χ1n) is 14.4. The monoisotopic (exact) mass is 555 g/mol. The number of benzene rings is 1. The average molecular weight is 556 g/mol. The van der Waals surface area contributed by atoms with Crippen LogP contribution in [0.25, 0.3) is 10.4 Å². The van der Waals surface area contributed by atoms with Crippen LogP contribution in [0.2, 0.25) is 0 Å². The molecule has 0 aliphatic heterocycles. The number of ketones is 1. The summed E-state index contributed by atoms with van der Waals surface area (Å²) in [5.74, 6) is -13.0. The number of halogens is 4. The molecule has 4 saturated carbocycles. The van der Waals surface area contributed by atoms with Crippen molar-refractivity contribution in [1.82, 2.24) is 0 Å². The summed E-state index contributed by atoms with van der Waals surface area (Å²) in [5.41, 5.74) is 3.76. The lowest BCUT2D eigenvalue weighted by Gasteiger charge is -2.62. The van der Waals surface area contributed by atoms with E-state index >= 15 is 0 Å². The second kappa shape index (κ2) is 9.77. The Hall–Kier alpha value is -2.65. The predicted molar refractivity (Wildman–Crippen MR) is 132 cm³/mol. The van der Waals surface area contributed by atoms with Crippen molar-refractivity contribution in [3.8, 4) is 0 Å². The van der Waals surface area contributed by atoms with Gasteiger partial charge in [0.05, 0.1) is 6.10 Å². The van der Waals surface area contributed by atoms with Crippen molar-refractivity contribution in [2.24, 2.45) is 45.5 Å². The molecule has 0 heterocycles. The predicted octanol–water partition coefficient (Wildman–Crippen LogP) is 6.93. The van der Waals surface area contributed by atoms with E-state index in [9.17, 15) is 33.6 Å². The minimum absolute atomic E-state index is 0.0475. The Balaban J connectivity index is 1.61. The summed E-state index contributed by atoms with van der Waals surface area (Å²) in [7, 11) is 0. The third-order valence-electron chi connectivity index (χ3n) is 10.4. The lowest BCUT2D eigenvalue weighted by Crippen LogP contribution is -2.60. The number of carbonyl (C=O) groups is 2. The highest BCUT2D eigenvalue weighted by Gasteiger charge is 2.64. The number of aliphatic hydroxyl groups excluding tert-OH is 1. The number of nitrogens with zero attached hydrogens (tertiary/aromatic N) is 3. The molecule has 4 aliphatic rings. The van der Waals surface area contributed by atoms with Gasteiger partial charge in [-0.2, -0.15) is 0 Å². The third kappa shape index (κ3) is 4.15. The van der Waals surface area contributed by atoms with Crippen LogP contribution in [0.3, 0.4) is 0 Å². The molecule has 0 bridgehead atoms. The van der Waals surface area contributed by atoms with E-state index in [0.717, 1.165) is 6.42 Å². The summed E-state index contributed by atoms with van der Waals surface area (Å²) in [6.07, 6.45) is 0.595. The normalized spacial score (nSPS) is 43.6. The molecule has 0 radical (unpaired) electrons. The van der Waals surface area contributed by atoms with Crippen LogP contribution in [0.5, 0.6) is 0 Å². The zero-order valence-electron chi connectivity index (χ0n) is 24.0. The van der Waals surface area contributed by atoms with Crippen molar-refractivity contribution >= 4 is 17.4 Å². The fraction of sp³-hybridized carbons (Fsp3) is 0.714. The topological polar surface area (TPSA) is 112 Å². The molecule has 10 atom stereocenters. The van der Waals surface area contributed by atoms with Crippen LogP contribution in [-0.2, 0) is 9.53 Å². The number of ether oxygens (including phenoxy) is 1. The van der Waals surface area contributed by atoms with Gasteiger partial charge in [-0.1, -0.05) is 19.0 Å². The maximum absolute atomic E-state index is 14.9. The van der Waals surface area contributed by atoms with Crippen LogP contribution in [-0.4, -0.2) is 29.1 Å². The molecular weight excluding hydrogens is 518 g/mol. The van der Waals surface area contributed by atoms with Gasteiger partial charge in [0, 0.05) is 19.5 Å². The van der Waals surface area contributed by atoms with E-state index in [1.807, 2.05) is 6.92 Å².